The maximum atomic E-state index is 12.4. The number of nitrogens with zero attached hydrogens (tertiary/aromatic N) is 2. The maximum Gasteiger partial charge on any atom is 0.224 e. The van der Waals surface area contributed by atoms with Crippen LogP contribution in [0.4, 0.5) is 11.4 Å². The van der Waals surface area contributed by atoms with Gasteiger partial charge < -0.3 is 15.3 Å². The fraction of sp³-hybridized carbons (Fsp3) is 0.519. The van der Waals surface area contributed by atoms with Gasteiger partial charge in [0.25, 0.3) is 0 Å². The summed E-state index contributed by atoms with van der Waals surface area (Å²) in [6.07, 6.45) is 7.02. The van der Waals surface area contributed by atoms with Crippen LogP contribution in [0.25, 0.3) is 0 Å². The Kier molecular flexibility index (Phi) is 8.18. The second-order valence-corrected chi connectivity index (χ2v) is 9.34. The van der Waals surface area contributed by atoms with E-state index in [9.17, 15) is 9.90 Å². The largest absolute Gasteiger partial charge is 0.396 e. The van der Waals surface area contributed by atoms with Crippen molar-refractivity contribution in [1.82, 2.24) is 4.90 Å². The van der Waals surface area contributed by atoms with E-state index in [1.165, 1.54) is 24.2 Å². The van der Waals surface area contributed by atoms with Gasteiger partial charge in [0.05, 0.1) is 0 Å². The summed E-state index contributed by atoms with van der Waals surface area (Å²) in [6, 6.07) is 19.2. The van der Waals surface area contributed by atoms with Gasteiger partial charge in [-0.25, -0.2) is 0 Å². The Morgan fingerprint density at radius 1 is 1.00 bits per heavy atom. The van der Waals surface area contributed by atoms with Crippen LogP contribution < -0.4 is 10.2 Å². The molecule has 5 heteroatoms. The Balaban J connectivity index is 1.24. The lowest BCUT2D eigenvalue weighted by Crippen LogP contribution is -2.49. The minimum absolute atomic E-state index is 0.0836. The van der Waals surface area contributed by atoms with Crippen molar-refractivity contribution in [3.05, 3.63) is 60.2 Å². The first-order valence-electron chi connectivity index (χ1n) is 12.2. The van der Waals surface area contributed by atoms with Crippen LogP contribution in [0, 0.1) is 5.92 Å². The summed E-state index contributed by atoms with van der Waals surface area (Å²) in [5, 5.41) is 12.6. The van der Waals surface area contributed by atoms with Crippen LogP contribution in [0.15, 0.2) is 54.6 Å². The van der Waals surface area contributed by atoms with Crippen molar-refractivity contribution in [2.45, 2.75) is 51.0 Å². The van der Waals surface area contributed by atoms with E-state index in [4.69, 9.17) is 0 Å². The number of amides is 1. The normalized spacial score (nSPS) is 20.3. The van der Waals surface area contributed by atoms with E-state index >= 15 is 0 Å². The van der Waals surface area contributed by atoms with Crippen molar-refractivity contribution in [2.24, 2.45) is 5.92 Å². The standard InChI is InChI=1S/C27H37N3O2/c31-21-23-10-6-16-30(20-23)25-14-17-29(18-15-25)26-12-5-11-24(19-26)28-27(32)13-4-9-22-7-2-1-3-8-22/h1-3,5,7-8,11-12,19,23,25,31H,4,6,9-10,13-18,20-21H2,(H,28,32)/t23-/m1/s1. The molecule has 0 saturated carbocycles. The third-order valence-electron chi connectivity index (χ3n) is 7.00. The molecule has 2 aliphatic heterocycles. The van der Waals surface area contributed by atoms with E-state index in [1.54, 1.807) is 0 Å². The van der Waals surface area contributed by atoms with Crippen molar-refractivity contribution in [3.8, 4) is 0 Å². The maximum absolute atomic E-state index is 12.4. The highest BCUT2D eigenvalue weighted by atomic mass is 16.3. The average Bonchev–Trinajstić information content (AvgIpc) is 2.85. The zero-order chi connectivity index (χ0) is 22.2. The number of carbonyl (C=O) groups is 1. The van der Waals surface area contributed by atoms with Gasteiger partial charge in [-0.3, -0.25) is 9.69 Å². The second-order valence-electron chi connectivity index (χ2n) is 9.34. The Bertz CT molecular complexity index is 849. The number of nitrogens with one attached hydrogen (secondary N) is 1. The molecule has 2 N–H and O–H groups in total. The summed E-state index contributed by atoms with van der Waals surface area (Å²) in [4.78, 5) is 17.5. The minimum Gasteiger partial charge on any atom is -0.396 e. The van der Waals surface area contributed by atoms with E-state index in [-0.39, 0.29) is 5.91 Å². The molecule has 0 aliphatic carbocycles. The molecule has 4 rings (SSSR count). The van der Waals surface area contributed by atoms with Gasteiger partial charge in [-0.15, -0.1) is 0 Å². The van der Waals surface area contributed by atoms with Crippen LogP contribution in [0.5, 0.6) is 0 Å². The lowest BCUT2D eigenvalue weighted by molar-refractivity contribution is -0.116. The molecule has 0 aromatic heterocycles. The molecular weight excluding hydrogens is 398 g/mol. The van der Waals surface area contributed by atoms with Gasteiger partial charge in [0.1, 0.15) is 0 Å². The Hall–Kier alpha value is -2.37. The average molecular weight is 436 g/mol. The predicted molar refractivity (Wildman–Crippen MR) is 131 cm³/mol. The third kappa shape index (κ3) is 6.33. The summed E-state index contributed by atoms with van der Waals surface area (Å²) in [6.45, 7) is 4.62. The Morgan fingerprint density at radius 2 is 1.81 bits per heavy atom. The number of carbonyl (C=O) groups excluding carboxylic acids is 1. The molecule has 0 unspecified atom stereocenters. The Labute approximate surface area is 192 Å². The molecule has 1 amide bonds. The number of piperidine rings is 2. The number of benzene rings is 2. The van der Waals surface area contributed by atoms with E-state index in [0.717, 1.165) is 57.4 Å². The quantitative estimate of drug-likeness (QED) is 0.648. The van der Waals surface area contributed by atoms with Crippen molar-refractivity contribution in [2.75, 3.05) is 43.0 Å². The van der Waals surface area contributed by atoms with Gasteiger partial charge in [-0.1, -0.05) is 36.4 Å². The number of aliphatic hydroxyl groups is 1. The van der Waals surface area contributed by atoms with E-state index in [2.05, 4.69) is 39.4 Å². The molecule has 2 aromatic rings. The highest BCUT2D eigenvalue weighted by molar-refractivity contribution is 5.91. The number of aliphatic hydroxyl groups excluding tert-OH is 1. The topological polar surface area (TPSA) is 55.8 Å². The van der Waals surface area contributed by atoms with Crippen molar-refractivity contribution in [3.63, 3.8) is 0 Å². The monoisotopic (exact) mass is 435 g/mol. The highest BCUT2D eigenvalue weighted by Crippen LogP contribution is 2.27. The number of hydrogen-bond donors (Lipinski definition) is 2. The fourth-order valence-electron chi connectivity index (χ4n) is 5.17. The molecule has 5 nitrogen and oxygen atoms in total. The van der Waals surface area contributed by atoms with Gasteiger partial charge in [0, 0.05) is 50.1 Å². The zero-order valence-electron chi connectivity index (χ0n) is 19.1. The van der Waals surface area contributed by atoms with E-state index < -0.39 is 0 Å². The molecule has 2 saturated heterocycles. The fourth-order valence-corrected chi connectivity index (χ4v) is 5.17. The first-order valence-corrected chi connectivity index (χ1v) is 12.2. The van der Waals surface area contributed by atoms with Crippen molar-refractivity contribution < 1.29 is 9.90 Å². The smallest absolute Gasteiger partial charge is 0.224 e. The first kappa shape index (κ1) is 22.8. The van der Waals surface area contributed by atoms with Gasteiger partial charge in [-0.05, 0) is 74.8 Å². The molecule has 1 atom stereocenters. The lowest BCUT2D eigenvalue weighted by Gasteiger charge is -2.42. The number of hydrogen-bond acceptors (Lipinski definition) is 4. The van der Waals surface area contributed by atoms with E-state index in [0.29, 0.717) is 25.0 Å². The van der Waals surface area contributed by atoms with Crippen LogP contribution in [-0.2, 0) is 11.2 Å². The van der Waals surface area contributed by atoms with E-state index in [1.807, 2.05) is 30.3 Å². The number of aryl methyl sites for hydroxylation is 1. The van der Waals surface area contributed by atoms with Crippen LogP contribution in [-0.4, -0.2) is 54.7 Å². The molecule has 2 aliphatic rings. The summed E-state index contributed by atoms with van der Waals surface area (Å²) in [5.41, 5.74) is 3.36. The van der Waals surface area contributed by atoms with Crippen molar-refractivity contribution >= 4 is 17.3 Å². The molecule has 0 spiro atoms. The lowest BCUT2D eigenvalue weighted by atomic mass is 9.94. The first-order chi connectivity index (χ1) is 15.7. The number of likely N-dealkylation sites (tertiary alicyclic amines) is 1. The number of anilines is 2. The van der Waals surface area contributed by atoms with Gasteiger partial charge in [-0.2, -0.15) is 0 Å². The van der Waals surface area contributed by atoms with Gasteiger partial charge in [0.15, 0.2) is 0 Å². The molecule has 0 bridgehead atoms. The molecule has 2 heterocycles. The van der Waals surface area contributed by atoms with Crippen LogP contribution in [0.1, 0.15) is 44.1 Å². The molecular formula is C27H37N3O2. The summed E-state index contributed by atoms with van der Waals surface area (Å²) >= 11 is 0. The number of rotatable bonds is 8. The SMILES string of the molecule is O=C(CCCc1ccccc1)Nc1cccc(N2CCC(N3CCC[C@@H](CO)C3)CC2)c1. The Morgan fingerprint density at radius 3 is 2.59 bits per heavy atom. The van der Waals surface area contributed by atoms with Crippen molar-refractivity contribution in [1.29, 1.82) is 0 Å². The van der Waals surface area contributed by atoms with Crippen LogP contribution in [0.2, 0.25) is 0 Å². The molecule has 2 fully saturated rings. The zero-order valence-corrected chi connectivity index (χ0v) is 19.1. The second kappa shape index (κ2) is 11.5. The summed E-state index contributed by atoms with van der Waals surface area (Å²) in [5.74, 6) is 0.537. The molecule has 32 heavy (non-hydrogen) atoms. The highest BCUT2D eigenvalue weighted by Gasteiger charge is 2.28. The molecule has 172 valence electrons. The molecule has 0 radical (unpaired) electrons. The summed E-state index contributed by atoms with van der Waals surface area (Å²) < 4.78 is 0. The van der Waals surface area contributed by atoms with Gasteiger partial charge >= 0.3 is 0 Å². The molecule has 2 aromatic carbocycles. The third-order valence-corrected chi connectivity index (χ3v) is 7.00. The predicted octanol–water partition coefficient (Wildman–Crippen LogP) is 4.32. The van der Waals surface area contributed by atoms with Crippen LogP contribution >= 0.6 is 0 Å². The van der Waals surface area contributed by atoms with Gasteiger partial charge in [0.2, 0.25) is 5.91 Å². The summed E-state index contributed by atoms with van der Waals surface area (Å²) in [7, 11) is 0. The van der Waals surface area contributed by atoms with Crippen LogP contribution in [0.3, 0.4) is 0 Å². The minimum atomic E-state index is 0.0836.